The van der Waals surface area contributed by atoms with E-state index >= 15 is 0 Å². The van der Waals surface area contributed by atoms with Gasteiger partial charge in [0, 0.05) is 5.69 Å². The molecule has 152 valence electrons. The maximum absolute atomic E-state index is 12.3. The number of hydrogen-bond acceptors (Lipinski definition) is 6. The molecule has 1 aliphatic rings. The Kier molecular flexibility index (Phi) is 6.66. The van der Waals surface area contributed by atoms with Crippen molar-refractivity contribution in [2.75, 3.05) is 19.0 Å². The van der Waals surface area contributed by atoms with Crippen LogP contribution in [0.2, 0.25) is 0 Å². The van der Waals surface area contributed by atoms with Crippen LogP contribution in [0.3, 0.4) is 0 Å². The number of amides is 1. The number of carboxylic acid groups (broad SMARTS) is 1. The first-order chi connectivity index (χ1) is 14.0. The molecular formula is C21H22N2O5S. The Hall–Kier alpha value is -3.13. The number of ether oxygens (including phenoxy) is 2. The average Bonchev–Trinajstić information content (AvgIpc) is 3.06. The summed E-state index contributed by atoms with van der Waals surface area (Å²) in [5.41, 5.74) is 2.67. The van der Waals surface area contributed by atoms with Crippen LogP contribution in [0.5, 0.6) is 11.5 Å². The molecule has 3 N–H and O–H groups in total. The Morgan fingerprint density at radius 2 is 2.00 bits per heavy atom. The second kappa shape index (κ2) is 9.38. The number of aryl methyl sites for hydroxylation is 1. The van der Waals surface area contributed by atoms with E-state index in [0.29, 0.717) is 16.4 Å². The number of hydrogen-bond donors (Lipinski definition) is 3. The summed E-state index contributed by atoms with van der Waals surface area (Å²) in [7, 11) is 1.47. The molecule has 1 heterocycles. The van der Waals surface area contributed by atoms with Gasteiger partial charge in [-0.05, 0) is 47.9 Å². The zero-order chi connectivity index (χ0) is 20.8. The Balaban J connectivity index is 1.69. The minimum Gasteiger partial charge on any atom is -0.493 e. The minimum atomic E-state index is -1.07. The maximum Gasteiger partial charge on any atom is 0.341 e. The fraction of sp³-hybridized carbons (Fsp3) is 0.238. The van der Waals surface area contributed by atoms with Gasteiger partial charge in [-0.3, -0.25) is 4.79 Å². The third-order valence-electron chi connectivity index (χ3n) is 4.23. The molecule has 1 aliphatic heterocycles. The summed E-state index contributed by atoms with van der Waals surface area (Å²) in [4.78, 5) is 23.6. The molecule has 1 fully saturated rings. The van der Waals surface area contributed by atoms with Crippen molar-refractivity contribution < 1.29 is 24.2 Å². The zero-order valence-corrected chi connectivity index (χ0v) is 16.9. The van der Waals surface area contributed by atoms with E-state index in [1.165, 1.54) is 24.4 Å². The van der Waals surface area contributed by atoms with E-state index < -0.39 is 12.6 Å². The van der Waals surface area contributed by atoms with Crippen LogP contribution in [-0.2, 0) is 16.0 Å². The van der Waals surface area contributed by atoms with Crippen molar-refractivity contribution in [2.45, 2.75) is 18.8 Å². The van der Waals surface area contributed by atoms with E-state index in [2.05, 4.69) is 29.7 Å². The topological polar surface area (TPSA) is 96.9 Å². The third kappa shape index (κ3) is 5.45. The van der Waals surface area contributed by atoms with Crippen LogP contribution < -0.4 is 20.1 Å². The summed E-state index contributed by atoms with van der Waals surface area (Å²) < 4.78 is 10.5. The van der Waals surface area contributed by atoms with Crippen LogP contribution in [-0.4, -0.2) is 36.2 Å². The van der Waals surface area contributed by atoms with Crippen molar-refractivity contribution in [3.8, 4) is 11.5 Å². The molecule has 0 bridgehead atoms. The molecule has 1 amide bonds. The van der Waals surface area contributed by atoms with Crippen molar-refractivity contribution in [3.05, 3.63) is 58.5 Å². The molecule has 0 unspecified atom stereocenters. The lowest BCUT2D eigenvalue weighted by Crippen LogP contribution is -2.30. The van der Waals surface area contributed by atoms with Gasteiger partial charge in [-0.1, -0.05) is 36.9 Å². The summed E-state index contributed by atoms with van der Waals surface area (Å²) in [5, 5.41) is 14.9. The number of methoxy groups -OCH3 is 1. The summed E-state index contributed by atoms with van der Waals surface area (Å²) in [6, 6.07) is 13.2. The van der Waals surface area contributed by atoms with Gasteiger partial charge in [-0.2, -0.15) is 0 Å². The highest BCUT2D eigenvalue weighted by molar-refractivity contribution is 8.05. The van der Waals surface area contributed by atoms with E-state index in [-0.39, 0.29) is 11.4 Å². The van der Waals surface area contributed by atoms with Crippen LogP contribution in [0.15, 0.2) is 47.4 Å². The molecule has 0 aromatic heterocycles. The first kappa shape index (κ1) is 20.6. The fourth-order valence-corrected chi connectivity index (χ4v) is 3.72. The molecule has 0 aliphatic carbocycles. The number of aliphatic carboxylic acids is 1. The summed E-state index contributed by atoms with van der Waals surface area (Å²) in [6.45, 7) is 1.65. The van der Waals surface area contributed by atoms with Crippen molar-refractivity contribution in [3.63, 3.8) is 0 Å². The average molecular weight is 414 g/mol. The van der Waals surface area contributed by atoms with E-state index in [1.807, 2.05) is 12.1 Å². The number of carbonyl (C=O) groups excluding carboxylic acids is 1. The van der Waals surface area contributed by atoms with Crippen LogP contribution in [0, 0.1) is 0 Å². The lowest BCUT2D eigenvalue weighted by molar-refractivity contribution is -0.139. The lowest BCUT2D eigenvalue weighted by atomic mass is 10.1. The number of rotatable bonds is 8. The first-order valence-corrected chi connectivity index (χ1v) is 9.93. The van der Waals surface area contributed by atoms with E-state index in [0.717, 1.165) is 17.7 Å². The Morgan fingerprint density at radius 1 is 1.24 bits per heavy atom. The van der Waals surface area contributed by atoms with Crippen LogP contribution in [0.4, 0.5) is 5.69 Å². The number of thioether (sulfide) groups is 1. The monoisotopic (exact) mass is 414 g/mol. The molecule has 0 spiro atoms. The normalized spacial score (nSPS) is 17.1. The molecule has 2 aromatic carbocycles. The summed E-state index contributed by atoms with van der Waals surface area (Å²) >= 11 is 1.39. The summed E-state index contributed by atoms with van der Waals surface area (Å²) in [5.74, 6) is -0.506. The van der Waals surface area contributed by atoms with E-state index in [1.54, 1.807) is 24.3 Å². The highest BCUT2D eigenvalue weighted by Gasteiger charge is 2.27. The van der Waals surface area contributed by atoms with Crippen LogP contribution in [0.25, 0.3) is 6.08 Å². The van der Waals surface area contributed by atoms with E-state index in [4.69, 9.17) is 14.6 Å². The zero-order valence-electron chi connectivity index (χ0n) is 16.1. The molecule has 0 saturated carbocycles. The predicted molar refractivity (Wildman–Crippen MR) is 113 cm³/mol. The Bertz CT molecular complexity index is 927. The molecule has 7 nitrogen and oxygen atoms in total. The molecule has 1 saturated heterocycles. The summed E-state index contributed by atoms with van der Waals surface area (Å²) in [6.07, 6.45) is 2.73. The molecule has 3 rings (SSSR count). The smallest absolute Gasteiger partial charge is 0.341 e. The molecule has 2 aromatic rings. The number of carbonyl (C=O) groups is 2. The number of benzene rings is 2. The van der Waals surface area contributed by atoms with Gasteiger partial charge in [0.2, 0.25) is 0 Å². The molecule has 8 heteroatoms. The molecule has 29 heavy (non-hydrogen) atoms. The largest absolute Gasteiger partial charge is 0.493 e. The van der Waals surface area contributed by atoms with Crippen molar-refractivity contribution in [1.82, 2.24) is 5.32 Å². The Labute approximate surface area is 173 Å². The third-order valence-corrected chi connectivity index (χ3v) is 5.26. The second-order valence-corrected chi connectivity index (χ2v) is 7.41. The quantitative estimate of drug-likeness (QED) is 0.570. The standard InChI is InChI=1S/C21H22N2O5S/c1-3-13-4-7-15(8-5-13)22-21-23-20(26)18(29-21)11-14-6-9-16(17(10-14)27-2)28-12-19(24)25/h4-11,21-22H,3,12H2,1-2H3,(H,23,26)(H,24,25)/b18-11-/t21-/m1/s1. The van der Waals surface area contributed by atoms with Gasteiger partial charge < -0.3 is 25.2 Å². The predicted octanol–water partition coefficient (Wildman–Crippen LogP) is 3.32. The SMILES string of the molecule is CCc1ccc(N[C@@H]2NC(=O)/C(=C/c3ccc(OCC(=O)O)c(OC)c3)S2)cc1. The highest BCUT2D eigenvalue weighted by atomic mass is 32.2. The van der Waals surface area contributed by atoms with E-state index in [9.17, 15) is 9.59 Å². The molecular weight excluding hydrogens is 392 g/mol. The van der Waals surface area contributed by atoms with Crippen molar-refractivity contribution >= 4 is 35.4 Å². The van der Waals surface area contributed by atoms with Crippen molar-refractivity contribution in [1.29, 1.82) is 0 Å². The minimum absolute atomic E-state index is 0.164. The second-order valence-electron chi connectivity index (χ2n) is 6.27. The highest BCUT2D eigenvalue weighted by Crippen LogP contribution is 2.33. The van der Waals surface area contributed by atoms with Gasteiger partial charge >= 0.3 is 5.97 Å². The molecule has 1 atom stereocenters. The van der Waals surface area contributed by atoms with Gasteiger partial charge in [-0.15, -0.1) is 0 Å². The number of anilines is 1. The first-order valence-electron chi connectivity index (χ1n) is 9.06. The van der Waals surface area contributed by atoms with Gasteiger partial charge in [0.1, 0.15) is 0 Å². The van der Waals surface area contributed by atoms with Gasteiger partial charge in [0.05, 0.1) is 12.0 Å². The van der Waals surface area contributed by atoms with Crippen LogP contribution >= 0.6 is 11.8 Å². The fourth-order valence-electron chi connectivity index (χ4n) is 2.74. The van der Waals surface area contributed by atoms with Gasteiger partial charge in [-0.25, -0.2) is 4.79 Å². The molecule has 0 radical (unpaired) electrons. The Morgan fingerprint density at radius 3 is 2.66 bits per heavy atom. The maximum atomic E-state index is 12.3. The number of nitrogens with one attached hydrogen (secondary N) is 2. The number of carboxylic acids is 1. The van der Waals surface area contributed by atoms with Crippen molar-refractivity contribution in [2.24, 2.45) is 0 Å². The lowest BCUT2D eigenvalue weighted by Gasteiger charge is -2.13. The van der Waals surface area contributed by atoms with Crippen LogP contribution in [0.1, 0.15) is 18.1 Å². The van der Waals surface area contributed by atoms with Gasteiger partial charge in [0.15, 0.2) is 23.6 Å². The van der Waals surface area contributed by atoms with Gasteiger partial charge in [0.25, 0.3) is 5.91 Å².